The quantitative estimate of drug-likeness (QED) is 0.564. The number of nitrogen functional groups attached to an aromatic ring is 1. The topological polar surface area (TPSA) is 50.1 Å². The van der Waals surface area contributed by atoms with Crippen LogP contribution in [0.25, 0.3) is 0 Å². The van der Waals surface area contributed by atoms with Crippen molar-refractivity contribution in [3.05, 3.63) is 57.0 Å². The van der Waals surface area contributed by atoms with Crippen LogP contribution in [-0.2, 0) is 6.54 Å². The van der Waals surface area contributed by atoms with Crippen LogP contribution < -0.4 is 16.6 Å². The summed E-state index contributed by atoms with van der Waals surface area (Å²) in [6.07, 6.45) is 0. The summed E-state index contributed by atoms with van der Waals surface area (Å²) in [5, 5.41) is 0. The second kappa shape index (κ2) is 6.22. The van der Waals surface area contributed by atoms with Crippen LogP contribution in [0.3, 0.4) is 0 Å². The summed E-state index contributed by atoms with van der Waals surface area (Å²) >= 11 is 6.88. The lowest BCUT2D eigenvalue weighted by molar-refractivity contribution is 0.802. The second-order valence-electron chi connectivity index (χ2n) is 3.80. The number of rotatable bonds is 4. The molecule has 94 valence electrons. The second-order valence-corrected chi connectivity index (χ2v) is 5.58. The number of para-hydroxylation sites is 1. The van der Waals surface area contributed by atoms with Crippen LogP contribution in [0.1, 0.15) is 5.56 Å². The van der Waals surface area contributed by atoms with Gasteiger partial charge in [-0.1, -0.05) is 34.1 Å². The van der Waals surface area contributed by atoms with E-state index in [1.807, 2.05) is 42.5 Å². The summed E-state index contributed by atoms with van der Waals surface area (Å²) in [5.41, 5.74) is 15.1. The Bertz CT molecular complexity index is 529. The van der Waals surface area contributed by atoms with E-state index in [2.05, 4.69) is 42.7 Å². The van der Waals surface area contributed by atoms with Crippen LogP contribution in [0.4, 0.5) is 11.4 Å². The molecule has 0 spiro atoms. The first-order valence-corrected chi connectivity index (χ1v) is 7.03. The maximum absolute atomic E-state index is 6.00. The van der Waals surface area contributed by atoms with Gasteiger partial charge < -0.3 is 11.2 Å². The third kappa shape index (κ3) is 3.48. The van der Waals surface area contributed by atoms with E-state index in [1.54, 1.807) is 0 Å². The van der Waals surface area contributed by atoms with Crippen LogP contribution in [-0.4, -0.2) is 0 Å². The summed E-state index contributed by atoms with van der Waals surface area (Å²) in [6.45, 7) is 0.638. The molecule has 2 aromatic carbocycles. The zero-order chi connectivity index (χ0) is 13.0. The van der Waals surface area contributed by atoms with Crippen molar-refractivity contribution in [1.29, 1.82) is 0 Å². The number of anilines is 2. The Balaban J connectivity index is 1.99. The number of hydrogen-bond acceptors (Lipinski definition) is 3. The maximum Gasteiger partial charge on any atom is 0.0505 e. The number of nitrogens with one attached hydrogen (secondary N) is 2. The van der Waals surface area contributed by atoms with Crippen LogP contribution in [0, 0.1) is 0 Å². The molecule has 0 atom stereocenters. The SMILES string of the molecule is Nc1c(Br)cc(Br)cc1CNNc1ccccc1. The van der Waals surface area contributed by atoms with Gasteiger partial charge in [0.25, 0.3) is 0 Å². The summed E-state index contributed by atoms with van der Waals surface area (Å²) in [4.78, 5) is 0. The van der Waals surface area contributed by atoms with Crippen molar-refractivity contribution in [2.24, 2.45) is 0 Å². The fraction of sp³-hybridized carbons (Fsp3) is 0.0769. The van der Waals surface area contributed by atoms with E-state index in [9.17, 15) is 0 Å². The molecule has 0 aliphatic rings. The zero-order valence-corrected chi connectivity index (χ0v) is 12.8. The summed E-state index contributed by atoms with van der Waals surface area (Å²) < 4.78 is 1.90. The molecule has 0 radical (unpaired) electrons. The first-order chi connectivity index (χ1) is 8.66. The molecule has 0 fully saturated rings. The Morgan fingerprint density at radius 2 is 1.78 bits per heavy atom. The van der Waals surface area contributed by atoms with Gasteiger partial charge in [0.1, 0.15) is 0 Å². The Hall–Kier alpha value is -1.04. The average molecular weight is 371 g/mol. The van der Waals surface area contributed by atoms with Gasteiger partial charge in [0.05, 0.1) is 5.69 Å². The Labute approximate surface area is 123 Å². The minimum Gasteiger partial charge on any atom is -0.398 e. The lowest BCUT2D eigenvalue weighted by Gasteiger charge is -2.11. The van der Waals surface area contributed by atoms with Gasteiger partial charge in [0.2, 0.25) is 0 Å². The smallest absolute Gasteiger partial charge is 0.0505 e. The molecule has 2 aromatic rings. The molecular formula is C13H13Br2N3. The molecule has 4 N–H and O–H groups in total. The van der Waals surface area contributed by atoms with Crippen molar-refractivity contribution >= 4 is 43.2 Å². The number of benzene rings is 2. The van der Waals surface area contributed by atoms with Crippen molar-refractivity contribution in [2.75, 3.05) is 11.2 Å². The van der Waals surface area contributed by atoms with Gasteiger partial charge in [-0.05, 0) is 45.8 Å². The predicted octanol–water partition coefficient (Wildman–Crippen LogP) is 3.91. The molecule has 0 unspecified atom stereocenters. The summed E-state index contributed by atoms with van der Waals surface area (Å²) in [7, 11) is 0. The van der Waals surface area contributed by atoms with Crippen LogP contribution in [0.15, 0.2) is 51.4 Å². The van der Waals surface area contributed by atoms with Crippen molar-refractivity contribution in [2.45, 2.75) is 6.54 Å². The Kier molecular flexibility index (Phi) is 4.63. The Morgan fingerprint density at radius 3 is 2.50 bits per heavy atom. The van der Waals surface area contributed by atoms with Crippen LogP contribution >= 0.6 is 31.9 Å². The molecule has 18 heavy (non-hydrogen) atoms. The molecule has 0 saturated heterocycles. The highest BCUT2D eigenvalue weighted by Gasteiger charge is 2.04. The van der Waals surface area contributed by atoms with Crippen molar-refractivity contribution in [3.8, 4) is 0 Å². The highest BCUT2D eigenvalue weighted by Crippen LogP contribution is 2.28. The molecule has 0 amide bonds. The molecule has 5 heteroatoms. The maximum atomic E-state index is 6.00. The van der Waals surface area contributed by atoms with E-state index in [-0.39, 0.29) is 0 Å². The van der Waals surface area contributed by atoms with Gasteiger partial charge in [-0.2, -0.15) is 0 Å². The number of hydrazine groups is 1. The van der Waals surface area contributed by atoms with E-state index in [0.717, 1.165) is 25.9 Å². The molecule has 0 saturated carbocycles. The molecular weight excluding hydrogens is 358 g/mol. The largest absolute Gasteiger partial charge is 0.398 e. The monoisotopic (exact) mass is 369 g/mol. The Morgan fingerprint density at radius 1 is 1.06 bits per heavy atom. The van der Waals surface area contributed by atoms with Gasteiger partial charge in [-0.15, -0.1) is 0 Å². The number of hydrogen-bond donors (Lipinski definition) is 3. The van der Waals surface area contributed by atoms with E-state index in [0.29, 0.717) is 6.54 Å². The minimum absolute atomic E-state index is 0.638. The lowest BCUT2D eigenvalue weighted by Crippen LogP contribution is -2.21. The van der Waals surface area contributed by atoms with E-state index < -0.39 is 0 Å². The third-order valence-electron chi connectivity index (χ3n) is 2.47. The summed E-state index contributed by atoms with van der Waals surface area (Å²) in [5.74, 6) is 0. The fourth-order valence-corrected chi connectivity index (χ4v) is 2.86. The normalized spacial score (nSPS) is 10.3. The molecule has 3 nitrogen and oxygen atoms in total. The van der Waals surface area contributed by atoms with E-state index >= 15 is 0 Å². The lowest BCUT2D eigenvalue weighted by atomic mass is 10.2. The van der Waals surface area contributed by atoms with Gasteiger partial charge in [-0.25, -0.2) is 5.43 Å². The standard InChI is InChI=1S/C13H13Br2N3/c14-10-6-9(13(16)12(15)7-10)8-17-18-11-4-2-1-3-5-11/h1-7,17-18H,8,16H2. The third-order valence-corrected chi connectivity index (χ3v) is 3.58. The molecule has 0 aromatic heterocycles. The van der Waals surface area contributed by atoms with Crippen LogP contribution in [0.2, 0.25) is 0 Å². The van der Waals surface area contributed by atoms with Crippen molar-refractivity contribution in [1.82, 2.24) is 5.43 Å². The van der Waals surface area contributed by atoms with Gasteiger partial charge >= 0.3 is 0 Å². The molecule has 0 aliphatic carbocycles. The summed E-state index contributed by atoms with van der Waals surface area (Å²) in [6, 6.07) is 13.9. The average Bonchev–Trinajstić information content (AvgIpc) is 2.36. The van der Waals surface area contributed by atoms with Gasteiger partial charge in [-0.3, -0.25) is 0 Å². The fourth-order valence-electron chi connectivity index (χ4n) is 1.55. The van der Waals surface area contributed by atoms with Crippen molar-refractivity contribution < 1.29 is 0 Å². The van der Waals surface area contributed by atoms with Gasteiger partial charge in [0.15, 0.2) is 0 Å². The molecule has 0 heterocycles. The van der Waals surface area contributed by atoms with Crippen molar-refractivity contribution in [3.63, 3.8) is 0 Å². The van der Waals surface area contributed by atoms with Gasteiger partial charge in [0, 0.05) is 21.2 Å². The van der Waals surface area contributed by atoms with Crippen LogP contribution in [0.5, 0.6) is 0 Å². The molecule has 0 aliphatic heterocycles. The molecule has 0 bridgehead atoms. The van der Waals surface area contributed by atoms with E-state index in [4.69, 9.17) is 5.73 Å². The van der Waals surface area contributed by atoms with E-state index in [1.165, 1.54) is 0 Å². The highest BCUT2D eigenvalue weighted by atomic mass is 79.9. The predicted molar refractivity (Wildman–Crippen MR) is 83.2 cm³/mol. The number of nitrogens with two attached hydrogens (primary N) is 1. The zero-order valence-electron chi connectivity index (χ0n) is 9.58. The minimum atomic E-state index is 0.638. The first kappa shape index (κ1) is 13.4. The highest BCUT2D eigenvalue weighted by molar-refractivity contribution is 9.11. The number of halogens is 2. The molecule has 2 rings (SSSR count). The first-order valence-electron chi connectivity index (χ1n) is 5.44.